The fourth-order valence-corrected chi connectivity index (χ4v) is 4.57. The number of sulfone groups is 1. The molecule has 6 nitrogen and oxygen atoms in total. The largest absolute Gasteiger partial charge is 0.357 e. The number of hydrogen-bond acceptors (Lipinski definition) is 7. The predicted octanol–water partition coefficient (Wildman–Crippen LogP) is 1.53. The minimum absolute atomic E-state index is 0.193. The van der Waals surface area contributed by atoms with E-state index in [0.717, 1.165) is 22.5 Å². The third kappa shape index (κ3) is 2.82. The Morgan fingerprint density at radius 1 is 1.33 bits per heavy atom. The predicted molar refractivity (Wildman–Crippen MR) is 87.2 cm³/mol. The second-order valence-electron chi connectivity index (χ2n) is 5.04. The maximum Gasteiger partial charge on any atom is 0.225 e. The van der Waals surface area contributed by atoms with Crippen LogP contribution >= 0.6 is 11.3 Å². The number of rotatable bonds is 3. The Balaban J connectivity index is 2.05. The summed E-state index contributed by atoms with van der Waals surface area (Å²) in [5.41, 5.74) is 0. The van der Waals surface area contributed by atoms with Crippen molar-refractivity contribution in [3.8, 4) is 0 Å². The van der Waals surface area contributed by atoms with Crippen LogP contribution < -0.4 is 10.2 Å². The minimum Gasteiger partial charge on any atom is -0.357 e. The number of hydrogen-bond donors (Lipinski definition) is 1. The second-order valence-corrected chi connectivity index (χ2v) is 8.46. The van der Waals surface area contributed by atoms with Crippen LogP contribution in [0.25, 0.3) is 10.2 Å². The number of fused-ring (bicyclic) bond motifs is 1. The maximum atomic E-state index is 11.6. The van der Waals surface area contributed by atoms with E-state index in [1.54, 1.807) is 18.4 Å². The first-order valence-corrected chi connectivity index (χ1v) is 9.60. The van der Waals surface area contributed by atoms with Gasteiger partial charge in [0.05, 0.1) is 16.9 Å². The number of aryl methyl sites for hydroxylation is 1. The lowest BCUT2D eigenvalue weighted by atomic mass is 10.3. The van der Waals surface area contributed by atoms with E-state index in [1.165, 1.54) is 4.88 Å². The molecule has 1 saturated heterocycles. The number of anilines is 2. The van der Waals surface area contributed by atoms with E-state index in [4.69, 9.17) is 0 Å². The lowest BCUT2D eigenvalue weighted by Crippen LogP contribution is -2.40. The lowest BCUT2D eigenvalue weighted by Gasteiger charge is -2.28. The molecule has 1 N–H and O–H groups in total. The molecule has 114 valence electrons. The quantitative estimate of drug-likeness (QED) is 0.922. The summed E-state index contributed by atoms with van der Waals surface area (Å²) in [5.74, 6) is 1.81. The molecule has 0 amide bonds. The Morgan fingerprint density at radius 2 is 2.05 bits per heavy atom. The van der Waals surface area contributed by atoms with Gasteiger partial charge >= 0.3 is 0 Å². The molecule has 8 heteroatoms. The fourth-order valence-electron chi connectivity index (χ4n) is 2.41. The highest BCUT2D eigenvalue weighted by molar-refractivity contribution is 7.91. The normalized spacial score (nSPS) is 18.1. The molecule has 0 saturated carbocycles. The second kappa shape index (κ2) is 5.42. The van der Waals surface area contributed by atoms with Crippen LogP contribution in [0.4, 0.5) is 11.8 Å². The fraction of sp³-hybridized carbons (Fsp3) is 0.538. The van der Waals surface area contributed by atoms with Crippen molar-refractivity contribution in [3.63, 3.8) is 0 Å². The van der Waals surface area contributed by atoms with Gasteiger partial charge in [-0.05, 0) is 12.5 Å². The van der Waals surface area contributed by atoms with Crippen LogP contribution in [0.2, 0.25) is 0 Å². The molecule has 21 heavy (non-hydrogen) atoms. The Kier molecular flexibility index (Phi) is 3.75. The van der Waals surface area contributed by atoms with Crippen LogP contribution in [0.5, 0.6) is 0 Å². The molecule has 3 heterocycles. The van der Waals surface area contributed by atoms with Crippen LogP contribution in [-0.4, -0.2) is 50.0 Å². The molecule has 0 spiro atoms. The summed E-state index contributed by atoms with van der Waals surface area (Å²) in [6.45, 7) is 3.11. The zero-order chi connectivity index (χ0) is 15.0. The average molecular weight is 326 g/mol. The van der Waals surface area contributed by atoms with Crippen molar-refractivity contribution in [2.45, 2.75) is 13.3 Å². The van der Waals surface area contributed by atoms with Gasteiger partial charge in [0.1, 0.15) is 10.6 Å². The Hall–Kier alpha value is -1.41. The highest BCUT2D eigenvalue weighted by Crippen LogP contribution is 2.32. The van der Waals surface area contributed by atoms with Gasteiger partial charge in [-0.15, -0.1) is 11.3 Å². The third-order valence-electron chi connectivity index (χ3n) is 3.64. The van der Waals surface area contributed by atoms with Gasteiger partial charge in [0, 0.05) is 25.0 Å². The van der Waals surface area contributed by atoms with Crippen LogP contribution in [-0.2, 0) is 16.3 Å². The van der Waals surface area contributed by atoms with Gasteiger partial charge in [0.15, 0.2) is 9.84 Å². The summed E-state index contributed by atoms with van der Waals surface area (Å²) in [6, 6.07) is 2.12. The standard InChI is InChI=1S/C13H18N4O2S2/c1-3-9-8-10-11(15-13(14-2)16-12(10)20-9)17-4-6-21(18,19)7-5-17/h8H,3-7H2,1-2H3,(H,14,15,16). The minimum atomic E-state index is -2.89. The molecule has 0 bridgehead atoms. The van der Waals surface area contributed by atoms with E-state index >= 15 is 0 Å². The van der Waals surface area contributed by atoms with E-state index in [2.05, 4.69) is 33.2 Å². The van der Waals surface area contributed by atoms with E-state index in [9.17, 15) is 8.42 Å². The first-order chi connectivity index (χ1) is 10.0. The van der Waals surface area contributed by atoms with Crippen molar-refractivity contribution in [1.82, 2.24) is 9.97 Å². The highest BCUT2D eigenvalue weighted by atomic mass is 32.2. The summed E-state index contributed by atoms with van der Waals surface area (Å²) >= 11 is 1.67. The maximum absolute atomic E-state index is 11.6. The molecular weight excluding hydrogens is 308 g/mol. The molecule has 2 aromatic rings. The van der Waals surface area contributed by atoms with E-state index < -0.39 is 9.84 Å². The average Bonchev–Trinajstić information content (AvgIpc) is 2.89. The molecular formula is C13H18N4O2S2. The van der Waals surface area contributed by atoms with Crippen molar-refractivity contribution in [3.05, 3.63) is 10.9 Å². The first kappa shape index (κ1) is 14.5. The van der Waals surface area contributed by atoms with Crippen molar-refractivity contribution in [2.75, 3.05) is 41.9 Å². The van der Waals surface area contributed by atoms with Crippen molar-refractivity contribution in [1.29, 1.82) is 0 Å². The number of nitrogens with zero attached hydrogens (tertiary/aromatic N) is 3. The third-order valence-corrected chi connectivity index (χ3v) is 6.42. The molecule has 0 atom stereocenters. The molecule has 2 aromatic heterocycles. The van der Waals surface area contributed by atoms with Gasteiger partial charge in [0.25, 0.3) is 0 Å². The summed E-state index contributed by atoms with van der Waals surface area (Å²) in [4.78, 5) is 13.3. The van der Waals surface area contributed by atoms with Crippen LogP contribution in [0, 0.1) is 0 Å². The van der Waals surface area contributed by atoms with Crippen LogP contribution in [0.15, 0.2) is 6.07 Å². The number of aromatic nitrogens is 2. The molecule has 3 rings (SSSR count). The van der Waals surface area contributed by atoms with Gasteiger partial charge in [0.2, 0.25) is 5.95 Å². The molecule has 1 aliphatic rings. The monoisotopic (exact) mass is 326 g/mol. The Labute approximate surface area is 128 Å². The number of nitrogens with one attached hydrogen (secondary N) is 1. The number of thiophene rings is 1. The Morgan fingerprint density at radius 3 is 2.67 bits per heavy atom. The van der Waals surface area contributed by atoms with Gasteiger partial charge in [-0.25, -0.2) is 13.4 Å². The summed E-state index contributed by atoms with van der Waals surface area (Å²) in [7, 11) is -1.10. The van der Waals surface area contributed by atoms with Crippen LogP contribution in [0.1, 0.15) is 11.8 Å². The summed E-state index contributed by atoms with van der Waals surface area (Å²) < 4.78 is 23.2. The van der Waals surface area contributed by atoms with Gasteiger partial charge in [-0.2, -0.15) is 4.98 Å². The topological polar surface area (TPSA) is 75.2 Å². The zero-order valence-corrected chi connectivity index (χ0v) is 13.7. The van der Waals surface area contributed by atoms with Gasteiger partial charge < -0.3 is 10.2 Å². The van der Waals surface area contributed by atoms with E-state index in [0.29, 0.717) is 19.0 Å². The summed E-state index contributed by atoms with van der Waals surface area (Å²) in [6.07, 6.45) is 0.962. The molecule has 0 aromatic carbocycles. The van der Waals surface area contributed by atoms with Crippen molar-refractivity contribution < 1.29 is 8.42 Å². The first-order valence-electron chi connectivity index (χ1n) is 6.96. The lowest BCUT2D eigenvalue weighted by molar-refractivity contribution is 0.586. The van der Waals surface area contributed by atoms with Gasteiger partial charge in [-0.3, -0.25) is 0 Å². The van der Waals surface area contributed by atoms with Crippen molar-refractivity contribution >= 4 is 43.2 Å². The zero-order valence-electron chi connectivity index (χ0n) is 12.1. The molecule has 0 unspecified atom stereocenters. The van der Waals surface area contributed by atoms with E-state index in [-0.39, 0.29) is 11.5 Å². The van der Waals surface area contributed by atoms with Crippen LogP contribution in [0.3, 0.4) is 0 Å². The summed E-state index contributed by atoms with van der Waals surface area (Å²) in [5, 5.41) is 4.00. The van der Waals surface area contributed by atoms with Crippen molar-refractivity contribution in [2.24, 2.45) is 0 Å². The smallest absolute Gasteiger partial charge is 0.225 e. The molecule has 1 aliphatic heterocycles. The molecule has 1 fully saturated rings. The molecule has 0 aliphatic carbocycles. The van der Waals surface area contributed by atoms with Gasteiger partial charge in [-0.1, -0.05) is 6.92 Å². The SMILES string of the molecule is CCc1cc2c(N3CCS(=O)(=O)CC3)nc(NC)nc2s1. The van der Waals surface area contributed by atoms with E-state index in [1.807, 2.05) is 0 Å². The highest BCUT2D eigenvalue weighted by Gasteiger charge is 2.25. The molecule has 0 radical (unpaired) electrons. The Bertz CT molecular complexity index is 756.